The van der Waals surface area contributed by atoms with Gasteiger partial charge in [0.05, 0.1) is 0 Å². The van der Waals surface area contributed by atoms with Crippen LogP contribution < -0.4 is 24.8 Å². The van der Waals surface area contributed by atoms with Crippen molar-refractivity contribution in [3.63, 3.8) is 0 Å². The van der Waals surface area contributed by atoms with Crippen molar-refractivity contribution in [2.75, 3.05) is 0 Å². The SMILES string of the molecule is C[C-]1C2=C3Cc4ccccc4C3=C3C=CCCC3C2(C)C(C)(C)C(C)(C)C1(C)C.[Cl-].[Cl-].[Zr+2]=[C]1CC1.c1cc[cH-]c1. The van der Waals surface area contributed by atoms with Crippen LogP contribution in [0.4, 0.5) is 0 Å². The van der Waals surface area contributed by atoms with Gasteiger partial charge in [-0.15, -0.1) is 6.92 Å². The van der Waals surface area contributed by atoms with E-state index >= 15 is 0 Å². The van der Waals surface area contributed by atoms with Gasteiger partial charge in [0.2, 0.25) is 0 Å². The average Bonchev–Trinajstić information content (AvgIpc) is 3.32. The summed E-state index contributed by atoms with van der Waals surface area (Å²) in [6, 6.07) is 19.2. The van der Waals surface area contributed by atoms with Gasteiger partial charge in [-0.2, -0.15) is 29.3 Å². The molecule has 2 fully saturated rings. The van der Waals surface area contributed by atoms with Crippen LogP contribution in [0.25, 0.3) is 5.57 Å². The molecular weight excluding hydrogens is 607 g/mol. The number of hydrogen-bond donors (Lipinski definition) is 0. The molecule has 40 heavy (non-hydrogen) atoms. The summed E-state index contributed by atoms with van der Waals surface area (Å²) in [5, 5.41) is 0. The van der Waals surface area contributed by atoms with Crippen LogP contribution >= 0.6 is 0 Å². The number of fused-ring (bicyclic) bond motifs is 6. The van der Waals surface area contributed by atoms with E-state index in [0.717, 1.165) is 6.42 Å². The first kappa shape index (κ1) is 33.5. The molecule has 2 aromatic carbocycles. The zero-order valence-corrected chi connectivity index (χ0v) is 29.7. The molecule has 0 saturated heterocycles. The molecule has 0 bridgehead atoms. The van der Waals surface area contributed by atoms with Gasteiger partial charge in [-0.25, -0.2) is 18.1 Å². The molecule has 2 atom stereocenters. The van der Waals surface area contributed by atoms with Gasteiger partial charge in [-0.05, 0) is 40.6 Å². The Morgan fingerprint density at radius 3 is 2.02 bits per heavy atom. The second-order valence-electron chi connectivity index (χ2n) is 13.8. The Morgan fingerprint density at radius 1 is 0.875 bits per heavy atom. The molecule has 5 aliphatic rings. The Hall–Kier alpha value is -1.01. The van der Waals surface area contributed by atoms with Crippen molar-refractivity contribution in [1.29, 1.82) is 0 Å². The van der Waals surface area contributed by atoms with Crippen molar-refractivity contribution >= 4 is 8.78 Å². The molecule has 2 aromatic rings. The molecule has 0 heterocycles. The second-order valence-corrected chi connectivity index (χ2v) is 15.6. The van der Waals surface area contributed by atoms with Crippen LogP contribution in [0, 0.1) is 33.5 Å². The van der Waals surface area contributed by atoms with Crippen LogP contribution in [-0.2, 0) is 30.7 Å². The second kappa shape index (κ2) is 11.9. The summed E-state index contributed by atoms with van der Waals surface area (Å²) in [6.07, 6.45) is 11.4. The van der Waals surface area contributed by atoms with E-state index in [9.17, 15) is 0 Å². The predicted molar refractivity (Wildman–Crippen MR) is 161 cm³/mol. The minimum atomic E-state index is 0. The molecule has 2 saturated carbocycles. The van der Waals surface area contributed by atoms with Gasteiger partial charge < -0.3 is 24.8 Å². The van der Waals surface area contributed by atoms with Crippen LogP contribution in [0.5, 0.6) is 0 Å². The first-order valence-corrected chi connectivity index (χ1v) is 15.9. The standard InChI is InChI=1S/C29H37.C5H5.C3H4.2ClH.Zr/c1-18-25-22-17-19-13-9-10-14-20(19)24(22)21-15-11-12-16-23(21)29(25,8)28(6,7)27(4,5)26(18,2)3;1-2-4-5-3-1;1-2-3-1;;;/h9-11,13-15,23H,12,16-17H2,1-8H3;1-5H;1-2H2;2*1H;/q2*-1;;;;+2/p-2. The van der Waals surface area contributed by atoms with Gasteiger partial charge in [-0.3, -0.25) is 0 Å². The van der Waals surface area contributed by atoms with Gasteiger partial charge in [0.1, 0.15) is 0 Å². The van der Waals surface area contributed by atoms with E-state index in [-0.39, 0.29) is 46.5 Å². The number of rotatable bonds is 0. The maximum Gasteiger partial charge on any atom is -0.172 e. The van der Waals surface area contributed by atoms with E-state index in [0.29, 0.717) is 5.92 Å². The van der Waals surface area contributed by atoms with E-state index in [4.69, 9.17) is 0 Å². The molecule has 0 aliphatic heterocycles. The van der Waals surface area contributed by atoms with E-state index in [1.54, 1.807) is 55.7 Å². The fraction of sp³-hybridized carbons (Fsp3) is 0.486. The van der Waals surface area contributed by atoms with Crippen LogP contribution in [0.2, 0.25) is 0 Å². The molecule has 0 amide bonds. The Balaban J connectivity index is 0.000000342. The van der Waals surface area contributed by atoms with Crippen LogP contribution in [0.15, 0.2) is 83.5 Å². The first-order chi connectivity index (χ1) is 17.9. The molecule has 0 N–H and O–H groups in total. The van der Waals surface area contributed by atoms with Gasteiger partial charge in [0.15, 0.2) is 0 Å². The molecule has 0 aromatic heterocycles. The van der Waals surface area contributed by atoms with Crippen molar-refractivity contribution in [2.45, 2.75) is 87.5 Å². The summed E-state index contributed by atoms with van der Waals surface area (Å²) in [5.41, 5.74) is 10.3. The number of hydrogen-bond acceptors (Lipinski definition) is 0. The van der Waals surface area contributed by atoms with Crippen molar-refractivity contribution in [1.82, 2.24) is 0 Å². The summed E-state index contributed by atoms with van der Waals surface area (Å²) in [4.78, 5) is 0. The normalized spacial score (nSPS) is 27.3. The monoisotopic (exact) mass is 650 g/mol. The Bertz CT molecular complexity index is 1290. The molecule has 5 aliphatic carbocycles. The fourth-order valence-electron chi connectivity index (χ4n) is 7.95. The van der Waals surface area contributed by atoms with E-state index in [2.05, 4.69) is 91.8 Å². The molecule has 2 unspecified atom stereocenters. The summed E-state index contributed by atoms with van der Waals surface area (Å²) in [6.45, 7) is 20.3. The average molecular weight is 653 g/mol. The quantitative estimate of drug-likeness (QED) is 0.380. The number of benzene rings is 1. The fourth-order valence-corrected chi connectivity index (χ4v) is 8.26. The minimum Gasteiger partial charge on any atom is -0.214 e. The Labute approximate surface area is 271 Å². The largest absolute Gasteiger partial charge is 0.214 e. The van der Waals surface area contributed by atoms with Crippen LogP contribution in [0.3, 0.4) is 0 Å². The minimum absolute atomic E-state index is 0. The molecule has 0 spiro atoms. The van der Waals surface area contributed by atoms with Gasteiger partial charge in [-0.1, -0.05) is 113 Å². The van der Waals surface area contributed by atoms with Crippen LogP contribution in [-0.4, -0.2) is 3.21 Å². The van der Waals surface area contributed by atoms with Crippen molar-refractivity contribution < 1.29 is 49.0 Å². The summed E-state index contributed by atoms with van der Waals surface area (Å²) < 4.78 is 1.76. The Morgan fingerprint density at radius 2 is 1.48 bits per heavy atom. The third-order valence-corrected chi connectivity index (χ3v) is 13.1. The first-order valence-electron chi connectivity index (χ1n) is 14.7. The molecule has 0 radical (unpaired) electrons. The maximum absolute atomic E-state index is 2.62. The maximum atomic E-state index is 2.62. The Kier molecular flexibility index (Phi) is 10.00. The smallest absolute Gasteiger partial charge is 0.172 e. The third kappa shape index (κ3) is 4.99. The molecular formula is C37H46Cl2Zr-2. The zero-order chi connectivity index (χ0) is 27.5. The zero-order valence-electron chi connectivity index (χ0n) is 25.7. The molecule has 214 valence electrons. The predicted octanol–water partition coefficient (Wildman–Crippen LogP) is 3.88. The van der Waals surface area contributed by atoms with Gasteiger partial charge in [0.25, 0.3) is 0 Å². The van der Waals surface area contributed by atoms with E-state index in [1.807, 2.05) is 30.3 Å². The molecule has 0 nitrogen and oxygen atoms in total. The van der Waals surface area contributed by atoms with Gasteiger partial charge >= 0.3 is 40.3 Å². The van der Waals surface area contributed by atoms with Gasteiger partial charge in [0, 0.05) is 0 Å². The van der Waals surface area contributed by atoms with E-state index in [1.165, 1.54) is 36.8 Å². The molecule has 3 heteroatoms. The van der Waals surface area contributed by atoms with Crippen molar-refractivity contribution in [2.24, 2.45) is 27.6 Å². The van der Waals surface area contributed by atoms with Crippen molar-refractivity contribution in [3.8, 4) is 0 Å². The van der Waals surface area contributed by atoms with Crippen LogP contribution in [0.1, 0.15) is 92.2 Å². The summed E-state index contributed by atoms with van der Waals surface area (Å²) >= 11 is 1.66. The number of halogens is 2. The third-order valence-electron chi connectivity index (χ3n) is 11.8. The topological polar surface area (TPSA) is 0 Å². The number of allylic oxidation sites excluding steroid dienone is 6. The van der Waals surface area contributed by atoms with Crippen molar-refractivity contribution in [3.05, 3.63) is 101 Å². The summed E-state index contributed by atoms with van der Waals surface area (Å²) in [5.74, 6) is 2.24. The van der Waals surface area contributed by atoms with E-state index < -0.39 is 0 Å². The molecule has 7 rings (SSSR count). The summed E-state index contributed by atoms with van der Waals surface area (Å²) in [7, 11) is 0.